The highest BCUT2D eigenvalue weighted by atomic mass is 33.1. The van der Waals surface area contributed by atoms with Gasteiger partial charge in [-0.1, -0.05) is 21.6 Å². The average Bonchev–Trinajstić information content (AvgIpc) is 2.57. The molecule has 0 radical (unpaired) electrons. The molecular formula is C18H30O8S2. The van der Waals surface area contributed by atoms with Gasteiger partial charge in [0.05, 0.1) is 0 Å². The molecule has 162 valence electrons. The van der Waals surface area contributed by atoms with Crippen molar-refractivity contribution in [2.75, 3.05) is 0 Å². The maximum absolute atomic E-state index is 10.7. The molecule has 0 fully saturated rings. The molecule has 0 rings (SSSR count). The van der Waals surface area contributed by atoms with Crippen LogP contribution in [0.4, 0.5) is 0 Å². The van der Waals surface area contributed by atoms with Crippen molar-refractivity contribution in [3.05, 3.63) is 0 Å². The first kappa shape index (κ1) is 26.6. The Morgan fingerprint density at radius 3 is 0.893 bits per heavy atom. The summed E-state index contributed by atoms with van der Waals surface area (Å²) in [5.41, 5.74) is 0. The van der Waals surface area contributed by atoms with Crippen LogP contribution in [-0.2, 0) is 19.2 Å². The van der Waals surface area contributed by atoms with E-state index in [9.17, 15) is 19.2 Å². The minimum absolute atomic E-state index is 0.0707. The van der Waals surface area contributed by atoms with Crippen LogP contribution in [0.1, 0.15) is 77.0 Å². The van der Waals surface area contributed by atoms with Crippen LogP contribution in [0.15, 0.2) is 0 Å². The van der Waals surface area contributed by atoms with Crippen LogP contribution in [0.3, 0.4) is 0 Å². The summed E-state index contributed by atoms with van der Waals surface area (Å²) in [7, 11) is 3.17. The molecule has 0 unspecified atom stereocenters. The van der Waals surface area contributed by atoms with Crippen molar-refractivity contribution in [1.29, 1.82) is 0 Å². The van der Waals surface area contributed by atoms with Gasteiger partial charge in [-0.3, -0.25) is 19.2 Å². The standard InChI is InChI=1S/C18H30O8S2/c19-15(20)9-1-5-13(6-2-10-16(21)22)27-28-14(7-3-11-17(23)24)8-4-12-18(25)26/h13-14H,1-12H2,(H,19,20)(H,21,22)(H,23,24)(H,25,26). The van der Waals surface area contributed by atoms with E-state index in [0.717, 1.165) is 0 Å². The molecule has 10 heteroatoms. The molecule has 0 saturated heterocycles. The Kier molecular flexibility index (Phi) is 15.7. The quantitative estimate of drug-likeness (QED) is 0.217. The lowest BCUT2D eigenvalue weighted by atomic mass is 10.1. The number of hydrogen-bond donors (Lipinski definition) is 4. The number of carboxylic acid groups (broad SMARTS) is 4. The van der Waals surface area contributed by atoms with E-state index in [1.165, 1.54) is 0 Å². The van der Waals surface area contributed by atoms with Crippen LogP contribution in [0, 0.1) is 0 Å². The first-order valence-corrected chi connectivity index (χ1v) is 11.7. The van der Waals surface area contributed by atoms with Gasteiger partial charge in [0.15, 0.2) is 0 Å². The lowest BCUT2D eigenvalue weighted by Crippen LogP contribution is -2.09. The van der Waals surface area contributed by atoms with Gasteiger partial charge in [0.1, 0.15) is 0 Å². The molecule has 0 aromatic rings. The first-order valence-electron chi connectivity index (χ1n) is 9.40. The molecule has 0 aliphatic carbocycles. The molecule has 28 heavy (non-hydrogen) atoms. The van der Waals surface area contributed by atoms with Crippen molar-refractivity contribution in [1.82, 2.24) is 0 Å². The zero-order chi connectivity index (χ0) is 21.4. The molecule has 0 bridgehead atoms. The molecule has 4 N–H and O–H groups in total. The molecule has 0 spiro atoms. The summed E-state index contributed by atoms with van der Waals surface area (Å²) in [6.07, 6.45) is 5.02. The zero-order valence-electron chi connectivity index (χ0n) is 15.9. The third kappa shape index (κ3) is 18.0. The Labute approximate surface area is 172 Å². The summed E-state index contributed by atoms with van der Waals surface area (Å²) in [5.74, 6) is -3.44. The molecule has 8 nitrogen and oxygen atoms in total. The highest BCUT2D eigenvalue weighted by Gasteiger charge is 2.17. The van der Waals surface area contributed by atoms with E-state index in [1.54, 1.807) is 21.6 Å². The molecule has 0 saturated carbocycles. The third-order valence-corrected chi connectivity index (χ3v) is 7.56. The number of aliphatic carboxylic acids is 4. The maximum Gasteiger partial charge on any atom is 0.303 e. The van der Waals surface area contributed by atoms with Crippen molar-refractivity contribution in [3.63, 3.8) is 0 Å². The second-order valence-corrected chi connectivity index (χ2v) is 9.45. The fraction of sp³-hybridized carbons (Fsp3) is 0.778. The average molecular weight is 439 g/mol. The summed E-state index contributed by atoms with van der Waals surface area (Å²) < 4.78 is 0. The Hall–Kier alpha value is -1.42. The zero-order valence-corrected chi connectivity index (χ0v) is 17.5. The van der Waals surface area contributed by atoms with Gasteiger partial charge in [-0.2, -0.15) is 0 Å². The van der Waals surface area contributed by atoms with Gasteiger partial charge in [-0.15, -0.1) is 0 Å². The van der Waals surface area contributed by atoms with Gasteiger partial charge in [-0.25, -0.2) is 0 Å². The predicted molar refractivity (Wildman–Crippen MR) is 109 cm³/mol. The summed E-state index contributed by atoms with van der Waals surface area (Å²) >= 11 is 0. The summed E-state index contributed by atoms with van der Waals surface area (Å²) in [4.78, 5) is 42.8. The molecule has 0 aromatic heterocycles. The van der Waals surface area contributed by atoms with Crippen LogP contribution in [0.2, 0.25) is 0 Å². The van der Waals surface area contributed by atoms with Gasteiger partial charge >= 0.3 is 23.9 Å². The maximum atomic E-state index is 10.7. The summed E-state index contributed by atoms with van der Waals surface area (Å²) in [6, 6.07) is 0. The molecule has 0 aliphatic heterocycles. The first-order chi connectivity index (χ1) is 13.2. The van der Waals surface area contributed by atoms with Crippen molar-refractivity contribution in [2.45, 2.75) is 87.5 Å². The van der Waals surface area contributed by atoms with Crippen molar-refractivity contribution in [2.24, 2.45) is 0 Å². The number of rotatable bonds is 19. The topological polar surface area (TPSA) is 149 Å². The monoisotopic (exact) mass is 438 g/mol. The number of carboxylic acids is 4. The van der Waals surface area contributed by atoms with E-state index in [1.807, 2.05) is 0 Å². The Morgan fingerprint density at radius 2 is 0.714 bits per heavy atom. The lowest BCUT2D eigenvalue weighted by molar-refractivity contribution is -0.138. The van der Waals surface area contributed by atoms with E-state index in [2.05, 4.69) is 0 Å². The second kappa shape index (κ2) is 16.5. The van der Waals surface area contributed by atoms with Gasteiger partial charge in [0.25, 0.3) is 0 Å². The van der Waals surface area contributed by atoms with E-state index >= 15 is 0 Å². The highest BCUT2D eigenvalue weighted by molar-refractivity contribution is 8.77. The number of carbonyl (C=O) groups is 4. The van der Waals surface area contributed by atoms with E-state index < -0.39 is 23.9 Å². The van der Waals surface area contributed by atoms with E-state index in [-0.39, 0.29) is 36.2 Å². The Balaban J connectivity index is 4.57. The highest BCUT2D eigenvalue weighted by Crippen LogP contribution is 2.39. The van der Waals surface area contributed by atoms with Crippen molar-refractivity contribution >= 4 is 45.5 Å². The van der Waals surface area contributed by atoms with Crippen LogP contribution >= 0.6 is 21.6 Å². The lowest BCUT2D eigenvalue weighted by Gasteiger charge is -2.20. The largest absolute Gasteiger partial charge is 0.481 e. The molecule has 0 heterocycles. The molecule has 0 aliphatic rings. The van der Waals surface area contributed by atoms with Crippen LogP contribution in [0.25, 0.3) is 0 Å². The van der Waals surface area contributed by atoms with Crippen molar-refractivity contribution in [3.8, 4) is 0 Å². The van der Waals surface area contributed by atoms with Crippen LogP contribution in [0.5, 0.6) is 0 Å². The second-order valence-electron chi connectivity index (χ2n) is 6.58. The van der Waals surface area contributed by atoms with E-state index in [0.29, 0.717) is 51.4 Å². The molecular weight excluding hydrogens is 408 g/mol. The van der Waals surface area contributed by atoms with Gasteiger partial charge in [0, 0.05) is 36.2 Å². The fourth-order valence-electron chi connectivity index (χ4n) is 2.56. The van der Waals surface area contributed by atoms with Crippen molar-refractivity contribution < 1.29 is 39.6 Å². The van der Waals surface area contributed by atoms with Gasteiger partial charge in [0.2, 0.25) is 0 Å². The Morgan fingerprint density at radius 1 is 0.500 bits per heavy atom. The number of hydrogen-bond acceptors (Lipinski definition) is 6. The molecule has 0 atom stereocenters. The van der Waals surface area contributed by atoms with E-state index in [4.69, 9.17) is 20.4 Å². The van der Waals surface area contributed by atoms with Crippen LogP contribution < -0.4 is 0 Å². The van der Waals surface area contributed by atoms with Gasteiger partial charge < -0.3 is 20.4 Å². The molecule has 0 amide bonds. The Bertz CT molecular complexity index is 414. The van der Waals surface area contributed by atoms with Gasteiger partial charge in [-0.05, 0) is 51.4 Å². The SMILES string of the molecule is O=C(O)CCCC(CCCC(=O)O)SSC(CCCC(=O)O)CCCC(=O)O. The fourth-order valence-corrected chi connectivity index (χ4v) is 6.03. The normalized spacial score (nSPS) is 11.1. The molecule has 0 aromatic carbocycles. The summed E-state index contributed by atoms with van der Waals surface area (Å²) in [5, 5.41) is 35.4. The predicted octanol–water partition coefficient (Wildman–Crippen LogP) is 4.12. The minimum Gasteiger partial charge on any atom is -0.481 e. The van der Waals surface area contributed by atoms with Crippen LogP contribution in [-0.4, -0.2) is 54.8 Å². The third-order valence-electron chi connectivity index (χ3n) is 3.99. The minimum atomic E-state index is -0.859. The summed E-state index contributed by atoms with van der Waals surface area (Å²) in [6.45, 7) is 0. The smallest absolute Gasteiger partial charge is 0.303 e.